The molecule has 0 radical (unpaired) electrons. The van der Waals surface area contributed by atoms with Gasteiger partial charge in [0.1, 0.15) is 0 Å². The number of nitrogens with zero attached hydrogens (tertiary/aromatic N) is 1. The fourth-order valence-electron chi connectivity index (χ4n) is 2.68. The van der Waals surface area contributed by atoms with Gasteiger partial charge in [0, 0.05) is 39.3 Å². The molecule has 1 fully saturated rings. The summed E-state index contributed by atoms with van der Waals surface area (Å²) in [7, 11) is 1.73. The Bertz CT molecular complexity index is 234. The molecule has 4 nitrogen and oxygen atoms in total. The predicted molar refractivity (Wildman–Crippen MR) is 79.4 cm³/mol. The van der Waals surface area contributed by atoms with E-state index in [1.807, 2.05) is 0 Å². The molecule has 0 saturated heterocycles. The summed E-state index contributed by atoms with van der Waals surface area (Å²) in [5, 5.41) is 12.9. The van der Waals surface area contributed by atoms with E-state index in [1.165, 1.54) is 25.7 Å². The summed E-state index contributed by atoms with van der Waals surface area (Å²) in [4.78, 5) is 2.33. The van der Waals surface area contributed by atoms with Crippen molar-refractivity contribution in [2.75, 3.05) is 46.5 Å². The van der Waals surface area contributed by atoms with E-state index in [4.69, 9.17) is 4.74 Å². The van der Waals surface area contributed by atoms with Gasteiger partial charge in [0.15, 0.2) is 0 Å². The zero-order chi connectivity index (χ0) is 14.1. The first-order valence-corrected chi connectivity index (χ1v) is 7.69. The topological polar surface area (TPSA) is 44.7 Å². The first-order chi connectivity index (χ1) is 9.13. The highest BCUT2D eigenvalue weighted by atomic mass is 16.5. The van der Waals surface area contributed by atoms with Gasteiger partial charge in [0.2, 0.25) is 0 Å². The zero-order valence-electron chi connectivity index (χ0n) is 13.0. The third-order valence-corrected chi connectivity index (χ3v) is 3.88. The van der Waals surface area contributed by atoms with E-state index < -0.39 is 0 Å². The highest BCUT2D eigenvalue weighted by Crippen LogP contribution is 2.26. The molecule has 0 aromatic rings. The Morgan fingerprint density at radius 3 is 2.63 bits per heavy atom. The van der Waals surface area contributed by atoms with Gasteiger partial charge >= 0.3 is 0 Å². The predicted octanol–water partition coefficient (Wildman–Crippen LogP) is 1.49. The number of nitrogens with one attached hydrogen (secondary N) is 1. The number of aliphatic hydroxyl groups is 1. The van der Waals surface area contributed by atoms with Gasteiger partial charge in [0.05, 0.1) is 13.2 Å². The molecule has 0 aromatic carbocycles. The van der Waals surface area contributed by atoms with Crippen LogP contribution >= 0.6 is 0 Å². The molecule has 1 saturated carbocycles. The Balaban J connectivity index is 2.44. The van der Waals surface area contributed by atoms with Crippen LogP contribution in [0.5, 0.6) is 0 Å². The van der Waals surface area contributed by atoms with Crippen LogP contribution in [0.15, 0.2) is 0 Å². The number of aliphatic hydroxyl groups excluding tert-OH is 1. The van der Waals surface area contributed by atoms with E-state index >= 15 is 0 Å². The maximum atomic E-state index is 9.19. The fraction of sp³-hybridized carbons (Fsp3) is 1.00. The molecule has 1 unspecified atom stereocenters. The second kappa shape index (κ2) is 8.90. The summed E-state index contributed by atoms with van der Waals surface area (Å²) in [6.45, 7) is 9.33. The average Bonchev–Trinajstić information content (AvgIpc) is 3.18. The number of ether oxygens (including phenoxy) is 1. The molecule has 1 rings (SSSR count). The van der Waals surface area contributed by atoms with Crippen LogP contribution in [0.4, 0.5) is 0 Å². The van der Waals surface area contributed by atoms with Crippen LogP contribution in [0.1, 0.15) is 39.5 Å². The first kappa shape index (κ1) is 16.9. The van der Waals surface area contributed by atoms with Gasteiger partial charge in [-0.25, -0.2) is 0 Å². The average molecular weight is 272 g/mol. The summed E-state index contributed by atoms with van der Waals surface area (Å²) >= 11 is 0. The van der Waals surface area contributed by atoms with Crippen LogP contribution in [-0.4, -0.2) is 62.6 Å². The van der Waals surface area contributed by atoms with Gasteiger partial charge in [-0.2, -0.15) is 0 Å². The smallest absolute Gasteiger partial charge is 0.0589 e. The molecule has 114 valence electrons. The zero-order valence-corrected chi connectivity index (χ0v) is 13.0. The Hall–Kier alpha value is -0.160. The lowest BCUT2D eigenvalue weighted by Gasteiger charge is -2.35. The minimum atomic E-state index is 0.224. The molecule has 0 heterocycles. The molecular weight excluding hydrogens is 240 g/mol. The number of hydrogen-bond acceptors (Lipinski definition) is 4. The van der Waals surface area contributed by atoms with Crippen molar-refractivity contribution in [2.24, 2.45) is 5.41 Å². The normalized spacial score (nSPS) is 18.8. The lowest BCUT2D eigenvalue weighted by molar-refractivity contribution is 0.0910. The molecule has 0 bridgehead atoms. The largest absolute Gasteiger partial charge is 0.395 e. The van der Waals surface area contributed by atoms with Crippen molar-refractivity contribution in [1.82, 2.24) is 10.2 Å². The van der Waals surface area contributed by atoms with Crippen LogP contribution in [0.25, 0.3) is 0 Å². The lowest BCUT2D eigenvalue weighted by atomic mass is 9.84. The van der Waals surface area contributed by atoms with Crippen molar-refractivity contribution in [1.29, 1.82) is 0 Å². The minimum Gasteiger partial charge on any atom is -0.395 e. The van der Waals surface area contributed by atoms with E-state index in [0.29, 0.717) is 5.41 Å². The van der Waals surface area contributed by atoms with Crippen molar-refractivity contribution in [2.45, 2.75) is 45.6 Å². The maximum Gasteiger partial charge on any atom is 0.0589 e. The molecular formula is C15H32N2O2. The van der Waals surface area contributed by atoms with Gasteiger partial charge in [-0.3, -0.25) is 4.90 Å². The standard InChI is InChI=1S/C15H32N2O2/c1-4-7-15(2,12-16-14-5-6-14)13-17(8-10-18)9-11-19-3/h14,16,18H,4-13H2,1-3H3. The maximum absolute atomic E-state index is 9.19. The molecule has 1 aliphatic rings. The summed E-state index contributed by atoms with van der Waals surface area (Å²) in [5.74, 6) is 0. The SMILES string of the molecule is CCCC(C)(CNC1CC1)CN(CCO)CCOC. The third-order valence-electron chi connectivity index (χ3n) is 3.88. The molecule has 1 aliphatic carbocycles. The molecule has 0 amide bonds. The van der Waals surface area contributed by atoms with E-state index in [0.717, 1.165) is 38.8 Å². The van der Waals surface area contributed by atoms with Crippen LogP contribution in [0, 0.1) is 5.41 Å². The Kier molecular flexibility index (Phi) is 7.91. The van der Waals surface area contributed by atoms with Crippen molar-refractivity contribution < 1.29 is 9.84 Å². The highest BCUT2D eigenvalue weighted by molar-refractivity contribution is 4.87. The highest BCUT2D eigenvalue weighted by Gasteiger charge is 2.29. The van der Waals surface area contributed by atoms with E-state index in [1.54, 1.807) is 7.11 Å². The van der Waals surface area contributed by atoms with Crippen LogP contribution in [-0.2, 0) is 4.74 Å². The minimum absolute atomic E-state index is 0.224. The molecule has 4 heteroatoms. The van der Waals surface area contributed by atoms with Crippen LogP contribution in [0.2, 0.25) is 0 Å². The molecule has 0 spiro atoms. The summed E-state index contributed by atoms with van der Waals surface area (Å²) in [6.07, 6.45) is 5.11. The Morgan fingerprint density at radius 1 is 1.37 bits per heavy atom. The van der Waals surface area contributed by atoms with E-state index in [2.05, 4.69) is 24.1 Å². The molecule has 0 aliphatic heterocycles. The summed E-state index contributed by atoms with van der Waals surface area (Å²) in [6, 6.07) is 0.765. The Morgan fingerprint density at radius 2 is 2.11 bits per heavy atom. The summed E-state index contributed by atoms with van der Waals surface area (Å²) < 4.78 is 5.16. The van der Waals surface area contributed by atoms with Gasteiger partial charge in [-0.15, -0.1) is 0 Å². The van der Waals surface area contributed by atoms with E-state index in [9.17, 15) is 5.11 Å². The van der Waals surface area contributed by atoms with Gasteiger partial charge in [-0.05, 0) is 24.7 Å². The second-order valence-electron chi connectivity index (χ2n) is 6.21. The van der Waals surface area contributed by atoms with Crippen molar-refractivity contribution in [3.05, 3.63) is 0 Å². The number of rotatable bonds is 12. The van der Waals surface area contributed by atoms with Gasteiger partial charge in [-0.1, -0.05) is 20.3 Å². The molecule has 1 atom stereocenters. The Labute approximate surface area is 118 Å². The quantitative estimate of drug-likeness (QED) is 0.565. The van der Waals surface area contributed by atoms with E-state index in [-0.39, 0.29) is 6.61 Å². The molecule has 2 N–H and O–H groups in total. The number of hydrogen-bond donors (Lipinski definition) is 2. The molecule has 19 heavy (non-hydrogen) atoms. The summed E-state index contributed by atoms with van der Waals surface area (Å²) in [5.41, 5.74) is 0.292. The monoisotopic (exact) mass is 272 g/mol. The van der Waals surface area contributed by atoms with Crippen molar-refractivity contribution in [3.63, 3.8) is 0 Å². The fourth-order valence-corrected chi connectivity index (χ4v) is 2.68. The van der Waals surface area contributed by atoms with Crippen LogP contribution < -0.4 is 5.32 Å². The second-order valence-corrected chi connectivity index (χ2v) is 6.21. The lowest BCUT2D eigenvalue weighted by Crippen LogP contribution is -2.44. The molecule has 0 aromatic heterocycles. The first-order valence-electron chi connectivity index (χ1n) is 7.69. The van der Waals surface area contributed by atoms with Crippen molar-refractivity contribution >= 4 is 0 Å². The number of methoxy groups -OCH3 is 1. The van der Waals surface area contributed by atoms with Crippen molar-refractivity contribution in [3.8, 4) is 0 Å². The van der Waals surface area contributed by atoms with Gasteiger partial charge < -0.3 is 15.2 Å². The van der Waals surface area contributed by atoms with Crippen LogP contribution in [0.3, 0.4) is 0 Å². The van der Waals surface area contributed by atoms with Gasteiger partial charge in [0.25, 0.3) is 0 Å². The third kappa shape index (κ3) is 7.25.